The lowest BCUT2D eigenvalue weighted by Gasteiger charge is -2.14. The molecule has 2 heterocycles. The Morgan fingerprint density at radius 2 is 2.53 bits per heavy atom. The van der Waals surface area contributed by atoms with Gasteiger partial charge in [0.15, 0.2) is 0 Å². The molecule has 0 radical (unpaired) electrons. The Bertz CT molecular complexity index is 380. The van der Waals surface area contributed by atoms with Gasteiger partial charge in [0.2, 0.25) is 5.91 Å². The summed E-state index contributed by atoms with van der Waals surface area (Å²) in [6.07, 6.45) is 5.90. The number of carbonyl (C=O) groups is 1. The molecule has 2 N–H and O–H groups in total. The molecule has 0 bridgehead atoms. The van der Waals surface area contributed by atoms with Gasteiger partial charge in [-0.05, 0) is 33.2 Å². The minimum absolute atomic E-state index is 0.0391. The second-order valence-electron chi connectivity index (χ2n) is 4.82. The third-order valence-corrected chi connectivity index (χ3v) is 2.93. The standard InChI is InChI=1S/C12H20N4O/c1-9(2)15-12(17)7-16-8-13-6-11(16)10-4-3-5-14-10/h6,8-10,14H,3-5,7H2,1-2H3,(H,15,17). The third kappa shape index (κ3) is 3.06. The number of nitrogens with one attached hydrogen (secondary N) is 2. The molecule has 2 rings (SSSR count). The van der Waals surface area contributed by atoms with Crippen molar-refractivity contribution < 1.29 is 4.79 Å². The van der Waals surface area contributed by atoms with E-state index >= 15 is 0 Å². The zero-order valence-electron chi connectivity index (χ0n) is 10.4. The van der Waals surface area contributed by atoms with Gasteiger partial charge in [0.1, 0.15) is 6.54 Å². The van der Waals surface area contributed by atoms with Crippen molar-refractivity contribution in [1.29, 1.82) is 0 Å². The number of carbonyl (C=O) groups excluding carboxylic acids is 1. The van der Waals surface area contributed by atoms with E-state index in [0.717, 1.165) is 18.7 Å². The fourth-order valence-corrected chi connectivity index (χ4v) is 2.21. The highest BCUT2D eigenvalue weighted by Gasteiger charge is 2.20. The summed E-state index contributed by atoms with van der Waals surface area (Å²) in [6.45, 7) is 5.33. The summed E-state index contributed by atoms with van der Waals surface area (Å²) in [6, 6.07) is 0.531. The van der Waals surface area contributed by atoms with Crippen molar-refractivity contribution in [2.45, 2.75) is 45.3 Å². The number of imidazole rings is 1. The lowest BCUT2D eigenvalue weighted by molar-refractivity contribution is -0.122. The van der Waals surface area contributed by atoms with Crippen LogP contribution in [0.1, 0.15) is 38.4 Å². The highest BCUT2D eigenvalue weighted by atomic mass is 16.2. The summed E-state index contributed by atoms with van der Waals surface area (Å²) in [5.74, 6) is 0.0391. The van der Waals surface area contributed by atoms with Crippen molar-refractivity contribution >= 4 is 5.91 Å². The maximum Gasteiger partial charge on any atom is 0.240 e. The highest BCUT2D eigenvalue weighted by Crippen LogP contribution is 2.22. The smallest absolute Gasteiger partial charge is 0.240 e. The molecule has 17 heavy (non-hydrogen) atoms. The average Bonchev–Trinajstić information content (AvgIpc) is 2.84. The first-order valence-electron chi connectivity index (χ1n) is 6.19. The van der Waals surface area contributed by atoms with E-state index in [1.165, 1.54) is 6.42 Å². The molecule has 1 amide bonds. The molecule has 1 aliphatic rings. The molecule has 1 aromatic heterocycles. The van der Waals surface area contributed by atoms with Gasteiger partial charge in [-0.25, -0.2) is 4.98 Å². The fraction of sp³-hybridized carbons (Fsp3) is 0.667. The minimum atomic E-state index is 0.0391. The molecule has 0 saturated carbocycles. The summed E-state index contributed by atoms with van der Waals surface area (Å²) < 4.78 is 1.93. The van der Waals surface area contributed by atoms with Crippen molar-refractivity contribution in [3.05, 3.63) is 18.2 Å². The van der Waals surface area contributed by atoms with Gasteiger partial charge >= 0.3 is 0 Å². The monoisotopic (exact) mass is 236 g/mol. The quantitative estimate of drug-likeness (QED) is 0.814. The lowest BCUT2D eigenvalue weighted by atomic mass is 10.2. The molecule has 5 heteroatoms. The summed E-state index contributed by atoms with van der Waals surface area (Å²) >= 11 is 0. The number of nitrogens with zero attached hydrogens (tertiary/aromatic N) is 2. The van der Waals surface area contributed by atoms with Gasteiger partial charge in [-0.3, -0.25) is 4.79 Å². The van der Waals surface area contributed by atoms with E-state index in [2.05, 4.69) is 15.6 Å². The van der Waals surface area contributed by atoms with E-state index in [0.29, 0.717) is 12.6 Å². The van der Waals surface area contributed by atoms with Crippen LogP contribution in [0.2, 0.25) is 0 Å². The Hall–Kier alpha value is -1.36. The highest BCUT2D eigenvalue weighted by molar-refractivity contribution is 5.76. The Morgan fingerprint density at radius 3 is 3.18 bits per heavy atom. The molecule has 94 valence electrons. The van der Waals surface area contributed by atoms with Crippen LogP contribution in [0, 0.1) is 0 Å². The summed E-state index contributed by atoms with van der Waals surface area (Å²) in [5.41, 5.74) is 1.11. The van der Waals surface area contributed by atoms with Crippen LogP contribution in [0.4, 0.5) is 0 Å². The maximum atomic E-state index is 11.7. The largest absolute Gasteiger partial charge is 0.352 e. The van der Waals surface area contributed by atoms with Gasteiger partial charge in [-0.1, -0.05) is 0 Å². The van der Waals surface area contributed by atoms with Gasteiger partial charge in [0, 0.05) is 18.3 Å². The molecular formula is C12H20N4O. The van der Waals surface area contributed by atoms with E-state index in [-0.39, 0.29) is 11.9 Å². The Labute approximate surface area is 102 Å². The molecule has 5 nitrogen and oxygen atoms in total. The van der Waals surface area contributed by atoms with Gasteiger partial charge in [-0.2, -0.15) is 0 Å². The molecule has 0 spiro atoms. The van der Waals surface area contributed by atoms with E-state index in [1.54, 1.807) is 6.33 Å². The van der Waals surface area contributed by atoms with Gasteiger partial charge in [0.05, 0.1) is 12.0 Å². The molecule has 1 saturated heterocycles. The van der Waals surface area contributed by atoms with Crippen molar-refractivity contribution in [2.75, 3.05) is 6.54 Å². The second kappa shape index (κ2) is 5.31. The summed E-state index contributed by atoms with van der Waals surface area (Å²) in [4.78, 5) is 15.8. The molecule has 0 aromatic carbocycles. The maximum absolute atomic E-state index is 11.7. The van der Waals surface area contributed by atoms with E-state index in [1.807, 2.05) is 24.6 Å². The van der Waals surface area contributed by atoms with Crippen molar-refractivity contribution in [1.82, 2.24) is 20.2 Å². The first kappa shape index (κ1) is 12.1. The van der Waals surface area contributed by atoms with Crippen LogP contribution in [-0.4, -0.2) is 28.0 Å². The van der Waals surface area contributed by atoms with Crippen LogP contribution in [-0.2, 0) is 11.3 Å². The normalized spacial score (nSPS) is 19.8. The van der Waals surface area contributed by atoms with Gasteiger partial charge in [-0.15, -0.1) is 0 Å². The number of aromatic nitrogens is 2. The SMILES string of the molecule is CC(C)NC(=O)Cn1cncc1C1CCCN1. The Balaban J connectivity index is 2.01. The van der Waals surface area contributed by atoms with Crippen LogP contribution < -0.4 is 10.6 Å². The molecule has 1 unspecified atom stereocenters. The zero-order chi connectivity index (χ0) is 12.3. The average molecular weight is 236 g/mol. The summed E-state index contributed by atoms with van der Waals surface area (Å²) in [5, 5.41) is 6.31. The molecule has 1 fully saturated rings. The van der Waals surface area contributed by atoms with E-state index in [4.69, 9.17) is 0 Å². The van der Waals surface area contributed by atoms with Crippen molar-refractivity contribution in [3.63, 3.8) is 0 Å². The predicted octanol–water partition coefficient (Wildman–Crippen LogP) is 0.832. The van der Waals surface area contributed by atoms with Crippen LogP contribution in [0.5, 0.6) is 0 Å². The topological polar surface area (TPSA) is 59.0 Å². The summed E-state index contributed by atoms with van der Waals surface area (Å²) in [7, 11) is 0. The number of hydrogen-bond donors (Lipinski definition) is 2. The molecule has 1 atom stereocenters. The number of amides is 1. The number of rotatable bonds is 4. The second-order valence-corrected chi connectivity index (χ2v) is 4.82. The van der Waals surface area contributed by atoms with Crippen LogP contribution >= 0.6 is 0 Å². The van der Waals surface area contributed by atoms with Gasteiger partial charge < -0.3 is 15.2 Å². The van der Waals surface area contributed by atoms with Gasteiger partial charge in [0.25, 0.3) is 0 Å². The Morgan fingerprint density at radius 1 is 1.71 bits per heavy atom. The third-order valence-electron chi connectivity index (χ3n) is 2.93. The predicted molar refractivity (Wildman–Crippen MR) is 65.5 cm³/mol. The zero-order valence-corrected chi connectivity index (χ0v) is 10.4. The number of hydrogen-bond acceptors (Lipinski definition) is 3. The van der Waals surface area contributed by atoms with Crippen LogP contribution in [0.15, 0.2) is 12.5 Å². The molecule has 0 aliphatic carbocycles. The van der Waals surface area contributed by atoms with Crippen molar-refractivity contribution in [3.8, 4) is 0 Å². The molecule has 1 aromatic rings. The van der Waals surface area contributed by atoms with Crippen molar-refractivity contribution in [2.24, 2.45) is 0 Å². The van der Waals surface area contributed by atoms with Crippen LogP contribution in [0.25, 0.3) is 0 Å². The van der Waals surface area contributed by atoms with Crippen LogP contribution in [0.3, 0.4) is 0 Å². The van der Waals surface area contributed by atoms with E-state index < -0.39 is 0 Å². The first-order chi connectivity index (χ1) is 8.16. The van der Waals surface area contributed by atoms with E-state index in [9.17, 15) is 4.79 Å². The lowest BCUT2D eigenvalue weighted by Crippen LogP contribution is -2.33. The first-order valence-corrected chi connectivity index (χ1v) is 6.19. The fourth-order valence-electron chi connectivity index (χ4n) is 2.21. The molecule has 1 aliphatic heterocycles. The Kier molecular flexibility index (Phi) is 3.78. The minimum Gasteiger partial charge on any atom is -0.352 e. The molecular weight excluding hydrogens is 216 g/mol.